The van der Waals surface area contributed by atoms with Crippen molar-refractivity contribution >= 4 is 94.1 Å². The molecule has 0 aliphatic carbocycles. The van der Waals surface area contributed by atoms with Crippen LogP contribution in [0, 0.1) is 0 Å². The van der Waals surface area contributed by atoms with Crippen LogP contribution in [0.4, 0.5) is 0 Å². The molecule has 0 aliphatic rings. The minimum Gasteiger partial charge on any atom is -0.377 e. The maximum Gasteiger partial charge on any atom is 0.160 e. The van der Waals surface area contributed by atoms with E-state index in [1.165, 1.54) is 0 Å². The molecule has 0 atom stereocenters. The van der Waals surface area contributed by atoms with Gasteiger partial charge in [0.05, 0.1) is 0 Å². The average Bonchev–Trinajstić information content (AvgIpc) is 1.76. The number of hydrogen-bond donors (Lipinski definition) is 8. The summed E-state index contributed by atoms with van der Waals surface area (Å²) in [6.07, 6.45) is 0. The summed E-state index contributed by atoms with van der Waals surface area (Å²) in [5, 5.41) is 0.000000000000000888. The van der Waals surface area contributed by atoms with Crippen LogP contribution in [0.2, 0.25) is 0 Å². The third-order valence-corrected chi connectivity index (χ3v) is 0. The van der Waals surface area contributed by atoms with Gasteiger partial charge in [-0.3, -0.25) is 0 Å². The van der Waals surface area contributed by atoms with Gasteiger partial charge in [0.2, 0.25) is 0 Å². The van der Waals surface area contributed by atoms with Crippen LogP contribution in [0.1, 0.15) is 0 Å². The van der Waals surface area contributed by atoms with Crippen molar-refractivity contribution in [3.63, 3.8) is 0 Å². The second-order valence-electron chi connectivity index (χ2n) is 1.61. The summed E-state index contributed by atoms with van der Waals surface area (Å²) in [6, 6.07) is 0. The average molecular weight is 436 g/mol. The van der Waals surface area contributed by atoms with Gasteiger partial charge in [-0.1, -0.05) is 0 Å². The molecule has 0 saturated carbocycles. The second-order valence-corrected chi connectivity index (χ2v) is 3.50. The van der Waals surface area contributed by atoms with Gasteiger partial charge in [0.1, 0.15) is 0 Å². The van der Waals surface area contributed by atoms with Gasteiger partial charge < -0.3 is 45.9 Å². The monoisotopic (exact) mass is 435 g/mol. The van der Waals surface area contributed by atoms with Gasteiger partial charge in [-0.15, -0.1) is 24.8 Å². The molecule has 8 nitrogen and oxygen atoms in total. The Kier molecular flexibility index (Phi) is 81.2. The van der Waals surface area contributed by atoms with E-state index in [0.29, 0.717) is 0 Å². The fourth-order valence-electron chi connectivity index (χ4n) is 0. The largest absolute Gasteiger partial charge is 0.377 e. The van der Waals surface area contributed by atoms with Crippen molar-refractivity contribution in [3.8, 4) is 0 Å². The van der Waals surface area contributed by atoms with Crippen molar-refractivity contribution in [2.45, 2.75) is 0 Å². The second kappa shape index (κ2) is 36.1. The minimum absolute atomic E-state index is 0. The topological polar surface area (TPSA) is 208 Å². The molecule has 16 N–H and O–H groups in total. The molecule has 121 valence electrons. The molecule has 1 radical (unpaired) electrons. The van der Waals surface area contributed by atoms with Crippen LogP contribution in [-0.2, 0) is 16.8 Å². The molecular weight excluding hydrogens is 418 g/mol. The summed E-state index contributed by atoms with van der Waals surface area (Å²) in [7, 11) is 0. The molecule has 0 unspecified atom stereocenters. The molecule has 0 amide bonds. The van der Waals surface area contributed by atoms with E-state index in [1.54, 1.807) is 0 Å². The van der Waals surface area contributed by atoms with Crippen molar-refractivity contribution in [3.05, 3.63) is 0 Å². The Morgan fingerprint density at radius 3 is 0.421 bits per heavy atom. The summed E-state index contributed by atoms with van der Waals surface area (Å²) >= 11 is 16.4. The van der Waals surface area contributed by atoms with Crippen LogP contribution < -0.4 is 45.9 Å². The Hall–Kier alpha value is -0.154. The van der Waals surface area contributed by atoms with Crippen LogP contribution in [0.3, 0.4) is 0 Å². The molecule has 19 heavy (non-hydrogen) atoms. The molecule has 0 aliphatic heterocycles. The van der Waals surface area contributed by atoms with Gasteiger partial charge in [-0.25, -0.2) is 0 Å². The maximum atomic E-state index is 4.62. The van der Waals surface area contributed by atoms with E-state index < -0.39 is 0 Å². The molecule has 0 aromatic heterocycles. The van der Waals surface area contributed by atoms with Gasteiger partial charge in [0.25, 0.3) is 0 Å². The number of hydrogen-bond acceptors (Lipinski definition) is 4. The van der Waals surface area contributed by atoms with Crippen molar-refractivity contribution in [1.29, 1.82) is 0 Å². The molecule has 0 spiro atoms. The Bertz CT molecular complexity index is 179. The quantitative estimate of drug-likeness (QED) is 0.187. The summed E-state index contributed by atoms with van der Waals surface area (Å²) in [6.45, 7) is 0. The predicted molar refractivity (Wildman–Crippen MR) is 98.4 cm³/mol. The zero-order chi connectivity index (χ0) is 14.3. The number of halogens is 2. The third kappa shape index (κ3) is 190000. The van der Waals surface area contributed by atoms with Gasteiger partial charge >= 0.3 is 0 Å². The molecule has 0 aromatic carbocycles. The zero-order valence-electron chi connectivity index (χ0n) is 9.40. The van der Waals surface area contributed by atoms with E-state index in [1.807, 2.05) is 0 Å². The van der Waals surface area contributed by atoms with Crippen molar-refractivity contribution in [1.82, 2.24) is 0 Å². The molecule has 0 bridgehead atoms. The third-order valence-electron chi connectivity index (χ3n) is 0. The number of thiocarbonyl (C=S) groups is 4. The van der Waals surface area contributed by atoms with E-state index in [0.717, 1.165) is 0 Å². The van der Waals surface area contributed by atoms with Crippen LogP contribution in [-0.4, -0.2) is 20.4 Å². The van der Waals surface area contributed by atoms with E-state index >= 15 is 0 Å². The first-order chi connectivity index (χ1) is 6.93. The van der Waals surface area contributed by atoms with E-state index in [-0.39, 0.29) is 62.0 Å². The van der Waals surface area contributed by atoms with Gasteiger partial charge in [-0.05, 0) is 48.9 Å². The van der Waals surface area contributed by atoms with Gasteiger partial charge in [0, 0.05) is 16.8 Å². The summed E-state index contributed by atoms with van der Waals surface area (Å²) in [5.41, 5.74) is 37.0. The Labute approximate surface area is 156 Å². The first kappa shape index (κ1) is 42.8. The fourth-order valence-corrected chi connectivity index (χ4v) is 0. The smallest absolute Gasteiger partial charge is 0.160 e. The normalized spacial score (nSPS) is 5.05. The SMILES string of the molecule is Cl.Cl.NC(N)=S.NC(N)=S.NC(N)=S.NC(N)=S.[Co]. The molecule has 0 aromatic rings. The maximum absolute atomic E-state index is 4.62. The number of nitrogens with two attached hydrogens (primary N) is 8. The summed E-state index contributed by atoms with van der Waals surface area (Å²) in [5.74, 6) is 0. The molecule has 15 heteroatoms. The van der Waals surface area contributed by atoms with Gasteiger partial charge in [-0.2, -0.15) is 0 Å². The van der Waals surface area contributed by atoms with E-state index in [4.69, 9.17) is 0 Å². The van der Waals surface area contributed by atoms with Gasteiger partial charge in [0.15, 0.2) is 20.4 Å². The van der Waals surface area contributed by atoms with Crippen LogP contribution in [0.15, 0.2) is 0 Å². The Morgan fingerprint density at radius 1 is 0.421 bits per heavy atom. The van der Waals surface area contributed by atoms with Crippen molar-refractivity contribution in [2.75, 3.05) is 0 Å². The fraction of sp³-hybridized carbons (Fsp3) is 0. The van der Waals surface area contributed by atoms with E-state index in [2.05, 4.69) is 94.7 Å². The molecule has 0 fully saturated rings. The first-order valence-electron chi connectivity index (χ1n) is 3.13. The Morgan fingerprint density at radius 2 is 0.421 bits per heavy atom. The van der Waals surface area contributed by atoms with Crippen molar-refractivity contribution in [2.24, 2.45) is 45.9 Å². The summed E-state index contributed by atoms with van der Waals surface area (Å²) < 4.78 is 0. The Balaban J connectivity index is -0.0000000192. The van der Waals surface area contributed by atoms with Crippen LogP contribution >= 0.6 is 73.7 Å². The molecular formula is C4H18Cl2CoN8S4. The van der Waals surface area contributed by atoms with Crippen LogP contribution in [0.5, 0.6) is 0 Å². The standard InChI is InChI=1S/4CH4N2S.2ClH.Co/c4*2-1(3)4;;;/h4*(H4,2,3,4);2*1H;. The summed E-state index contributed by atoms with van der Waals surface area (Å²) in [4.78, 5) is 0. The first-order valence-corrected chi connectivity index (χ1v) is 4.76. The zero-order valence-corrected chi connectivity index (χ0v) is 15.3. The molecule has 0 heterocycles. The van der Waals surface area contributed by atoms with Crippen molar-refractivity contribution < 1.29 is 16.8 Å². The molecule has 0 saturated heterocycles. The minimum atomic E-state index is 0. The number of rotatable bonds is 0. The van der Waals surface area contributed by atoms with E-state index in [9.17, 15) is 0 Å². The predicted octanol–water partition coefficient (Wildman–Crippen LogP) is -2.40. The molecule has 0 rings (SSSR count). The van der Waals surface area contributed by atoms with Crippen LogP contribution in [0.25, 0.3) is 0 Å².